The van der Waals surface area contributed by atoms with E-state index in [2.05, 4.69) is 10.5 Å². The molecule has 0 spiro atoms. The Balaban J connectivity index is 1.99. The lowest BCUT2D eigenvalue weighted by molar-refractivity contribution is 0.0954. The quantitative estimate of drug-likeness (QED) is 0.684. The molecule has 2 rings (SSSR count). The molecule has 1 N–H and O–H groups in total. The van der Waals surface area contributed by atoms with Crippen LogP contribution in [0, 0.1) is 6.92 Å². The zero-order valence-electron chi connectivity index (χ0n) is 11.5. The summed E-state index contributed by atoms with van der Waals surface area (Å²) in [6.45, 7) is 1.89. The second kappa shape index (κ2) is 6.52. The predicted molar refractivity (Wildman–Crippen MR) is 79.2 cm³/mol. The van der Waals surface area contributed by atoms with Crippen LogP contribution in [0.2, 0.25) is 0 Å². The second-order valence-corrected chi connectivity index (χ2v) is 4.29. The third-order valence-corrected chi connectivity index (χ3v) is 2.89. The van der Waals surface area contributed by atoms with E-state index in [0.29, 0.717) is 5.56 Å². The van der Waals surface area contributed by atoms with Crippen molar-refractivity contribution < 1.29 is 9.53 Å². The third kappa shape index (κ3) is 3.45. The van der Waals surface area contributed by atoms with Gasteiger partial charge in [0.15, 0.2) is 0 Å². The number of rotatable bonds is 4. The highest BCUT2D eigenvalue weighted by atomic mass is 16.5. The molecule has 0 aliphatic carbocycles. The molecule has 0 heterocycles. The van der Waals surface area contributed by atoms with Crippen LogP contribution >= 0.6 is 0 Å². The number of ether oxygens (including phenoxy) is 1. The highest BCUT2D eigenvalue weighted by molar-refractivity contribution is 5.96. The summed E-state index contributed by atoms with van der Waals surface area (Å²) in [5.74, 6) is 0.568. The van der Waals surface area contributed by atoms with Gasteiger partial charge in [0.1, 0.15) is 5.75 Å². The minimum atomic E-state index is -0.215. The molecule has 1 amide bonds. The highest BCUT2D eigenvalue weighted by Crippen LogP contribution is 2.10. The van der Waals surface area contributed by atoms with Crippen LogP contribution < -0.4 is 10.2 Å². The lowest BCUT2D eigenvalue weighted by atomic mass is 10.1. The predicted octanol–water partition coefficient (Wildman–Crippen LogP) is 2.77. The SMILES string of the molecule is COc1ccc(C=NNC(=O)c2ccccc2C)cc1. The van der Waals surface area contributed by atoms with Crippen LogP contribution in [0.25, 0.3) is 0 Å². The minimum Gasteiger partial charge on any atom is -0.497 e. The van der Waals surface area contributed by atoms with Gasteiger partial charge in [0.05, 0.1) is 13.3 Å². The highest BCUT2D eigenvalue weighted by Gasteiger charge is 2.05. The average molecular weight is 268 g/mol. The summed E-state index contributed by atoms with van der Waals surface area (Å²) < 4.78 is 5.07. The molecule has 4 nitrogen and oxygen atoms in total. The Hall–Kier alpha value is -2.62. The summed E-state index contributed by atoms with van der Waals surface area (Å²) in [5.41, 5.74) is 4.95. The first-order valence-electron chi connectivity index (χ1n) is 6.24. The Bertz CT molecular complexity index is 619. The van der Waals surface area contributed by atoms with E-state index >= 15 is 0 Å². The summed E-state index contributed by atoms with van der Waals surface area (Å²) in [7, 11) is 1.62. The van der Waals surface area contributed by atoms with Crippen LogP contribution in [0.4, 0.5) is 0 Å². The van der Waals surface area contributed by atoms with Gasteiger partial charge in [-0.3, -0.25) is 4.79 Å². The summed E-state index contributed by atoms with van der Waals surface area (Å²) in [4.78, 5) is 11.9. The number of methoxy groups -OCH3 is 1. The van der Waals surface area contributed by atoms with Gasteiger partial charge in [-0.2, -0.15) is 5.10 Å². The molecule has 2 aromatic rings. The Kier molecular flexibility index (Phi) is 4.50. The molecule has 0 aliphatic heterocycles. The van der Waals surface area contributed by atoms with Gasteiger partial charge in [0.2, 0.25) is 0 Å². The van der Waals surface area contributed by atoms with Crippen LogP contribution in [0.3, 0.4) is 0 Å². The summed E-state index contributed by atoms with van der Waals surface area (Å²) in [6.07, 6.45) is 1.59. The molecule has 0 aromatic heterocycles. The average Bonchev–Trinajstić information content (AvgIpc) is 2.48. The zero-order chi connectivity index (χ0) is 14.4. The number of hydrazone groups is 1. The van der Waals surface area contributed by atoms with E-state index in [4.69, 9.17) is 4.74 Å². The smallest absolute Gasteiger partial charge is 0.271 e. The molecule has 0 aliphatic rings. The number of amides is 1. The van der Waals surface area contributed by atoms with Crippen molar-refractivity contribution in [2.75, 3.05) is 7.11 Å². The molecule has 20 heavy (non-hydrogen) atoms. The fourth-order valence-corrected chi connectivity index (χ4v) is 1.74. The molecule has 0 radical (unpaired) electrons. The standard InChI is InChI=1S/C16H16N2O2/c1-12-5-3-4-6-15(12)16(19)18-17-11-13-7-9-14(20-2)10-8-13/h3-11H,1-2H3,(H,18,19). The van der Waals surface area contributed by atoms with Crippen molar-refractivity contribution >= 4 is 12.1 Å². The van der Waals surface area contributed by atoms with Crippen molar-refractivity contribution in [3.05, 3.63) is 65.2 Å². The maximum Gasteiger partial charge on any atom is 0.271 e. The molecule has 102 valence electrons. The van der Waals surface area contributed by atoms with Gasteiger partial charge in [-0.25, -0.2) is 5.43 Å². The number of nitrogens with one attached hydrogen (secondary N) is 1. The number of carbonyl (C=O) groups is 1. The van der Waals surface area contributed by atoms with Crippen molar-refractivity contribution in [3.63, 3.8) is 0 Å². The Morgan fingerprint density at radius 3 is 2.50 bits per heavy atom. The molecule has 0 unspecified atom stereocenters. The minimum absolute atomic E-state index is 0.215. The molecule has 2 aromatic carbocycles. The van der Waals surface area contributed by atoms with E-state index in [9.17, 15) is 4.79 Å². The first-order valence-corrected chi connectivity index (χ1v) is 6.24. The maximum atomic E-state index is 11.9. The molecule has 4 heteroatoms. The second-order valence-electron chi connectivity index (χ2n) is 4.29. The first-order chi connectivity index (χ1) is 9.70. The number of aryl methyl sites for hydroxylation is 1. The number of hydrogen-bond donors (Lipinski definition) is 1. The van der Waals surface area contributed by atoms with Crippen LogP contribution in [0.5, 0.6) is 5.75 Å². The van der Waals surface area contributed by atoms with Gasteiger partial charge >= 0.3 is 0 Å². The Labute approximate surface area is 118 Å². The monoisotopic (exact) mass is 268 g/mol. The van der Waals surface area contributed by atoms with Gasteiger partial charge in [-0.1, -0.05) is 18.2 Å². The molecular weight excluding hydrogens is 252 g/mol. The van der Waals surface area contributed by atoms with Crippen molar-refractivity contribution in [3.8, 4) is 5.75 Å². The van der Waals surface area contributed by atoms with Crippen LogP contribution in [0.1, 0.15) is 21.5 Å². The van der Waals surface area contributed by atoms with E-state index in [1.807, 2.05) is 49.4 Å². The first kappa shape index (κ1) is 13.8. The van der Waals surface area contributed by atoms with Gasteiger partial charge in [-0.05, 0) is 48.4 Å². The number of benzene rings is 2. The van der Waals surface area contributed by atoms with Crippen LogP contribution in [-0.4, -0.2) is 19.2 Å². The topological polar surface area (TPSA) is 50.7 Å². The van der Waals surface area contributed by atoms with Crippen molar-refractivity contribution in [2.24, 2.45) is 5.10 Å². The number of hydrogen-bond acceptors (Lipinski definition) is 3. The Morgan fingerprint density at radius 2 is 1.85 bits per heavy atom. The summed E-state index contributed by atoms with van der Waals surface area (Å²) >= 11 is 0. The fourth-order valence-electron chi connectivity index (χ4n) is 1.74. The van der Waals surface area contributed by atoms with Crippen molar-refractivity contribution in [2.45, 2.75) is 6.92 Å². The lowest BCUT2D eigenvalue weighted by Crippen LogP contribution is -2.18. The molecule has 0 fully saturated rings. The van der Waals surface area contributed by atoms with Gasteiger partial charge in [0.25, 0.3) is 5.91 Å². The lowest BCUT2D eigenvalue weighted by Gasteiger charge is -2.03. The normalized spacial score (nSPS) is 10.5. The summed E-state index contributed by atoms with van der Waals surface area (Å²) in [6, 6.07) is 14.8. The fraction of sp³-hybridized carbons (Fsp3) is 0.125. The van der Waals surface area contributed by atoms with Gasteiger partial charge < -0.3 is 4.74 Å². The largest absolute Gasteiger partial charge is 0.497 e. The maximum absolute atomic E-state index is 11.9. The zero-order valence-corrected chi connectivity index (χ0v) is 11.5. The van der Waals surface area contributed by atoms with Crippen LogP contribution in [-0.2, 0) is 0 Å². The van der Waals surface area contributed by atoms with Crippen molar-refractivity contribution in [1.82, 2.24) is 5.43 Å². The summed E-state index contributed by atoms with van der Waals surface area (Å²) in [5, 5.41) is 3.95. The third-order valence-electron chi connectivity index (χ3n) is 2.89. The van der Waals surface area contributed by atoms with E-state index in [1.165, 1.54) is 0 Å². The van der Waals surface area contributed by atoms with E-state index < -0.39 is 0 Å². The Morgan fingerprint density at radius 1 is 1.15 bits per heavy atom. The van der Waals surface area contributed by atoms with Crippen molar-refractivity contribution in [1.29, 1.82) is 0 Å². The van der Waals surface area contributed by atoms with Gasteiger partial charge in [0, 0.05) is 5.56 Å². The molecule has 0 atom stereocenters. The van der Waals surface area contributed by atoms with Gasteiger partial charge in [-0.15, -0.1) is 0 Å². The number of nitrogens with zero attached hydrogens (tertiary/aromatic N) is 1. The van der Waals surface area contributed by atoms with E-state index in [0.717, 1.165) is 16.9 Å². The van der Waals surface area contributed by atoms with E-state index in [1.54, 1.807) is 19.4 Å². The molecular formula is C16H16N2O2. The van der Waals surface area contributed by atoms with E-state index in [-0.39, 0.29) is 5.91 Å². The molecule has 0 saturated heterocycles. The van der Waals surface area contributed by atoms with Crippen LogP contribution in [0.15, 0.2) is 53.6 Å². The number of carbonyl (C=O) groups excluding carboxylic acids is 1. The molecule has 0 bridgehead atoms. The molecule has 0 saturated carbocycles.